The molecule has 0 amide bonds. The maximum atomic E-state index is 8.56. The first-order valence-electron chi connectivity index (χ1n) is 3.90. The first-order valence-corrected chi connectivity index (χ1v) is 3.90. The van der Waals surface area contributed by atoms with Gasteiger partial charge in [-0.05, 0) is 6.92 Å². The van der Waals surface area contributed by atoms with E-state index in [4.69, 9.17) is 15.4 Å². The van der Waals surface area contributed by atoms with Gasteiger partial charge >= 0.3 is 0 Å². The van der Waals surface area contributed by atoms with Crippen LogP contribution in [0.1, 0.15) is 18.6 Å². The second-order valence-corrected chi connectivity index (χ2v) is 2.76. The Labute approximate surface area is 70.6 Å². The highest BCUT2D eigenvalue weighted by molar-refractivity contribution is 4.88. The van der Waals surface area contributed by atoms with Crippen molar-refractivity contribution < 1.29 is 9.63 Å². The second kappa shape index (κ2) is 4.18. The van der Waals surface area contributed by atoms with Gasteiger partial charge < -0.3 is 15.4 Å². The van der Waals surface area contributed by atoms with E-state index in [1.54, 1.807) is 0 Å². The monoisotopic (exact) mass is 171 g/mol. The average Bonchev–Trinajstić information content (AvgIpc) is 2.36. The fourth-order valence-corrected chi connectivity index (χ4v) is 0.850. The second-order valence-electron chi connectivity index (χ2n) is 2.76. The highest BCUT2D eigenvalue weighted by atomic mass is 16.5. The van der Waals surface area contributed by atoms with Crippen molar-refractivity contribution in [3.8, 4) is 0 Å². The highest BCUT2D eigenvalue weighted by Gasteiger charge is 2.06. The van der Waals surface area contributed by atoms with Gasteiger partial charge in [0.1, 0.15) is 0 Å². The van der Waals surface area contributed by atoms with Crippen LogP contribution in [0.4, 0.5) is 0 Å². The van der Waals surface area contributed by atoms with E-state index in [0.717, 1.165) is 0 Å². The van der Waals surface area contributed by atoms with Gasteiger partial charge in [-0.25, -0.2) is 0 Å². The number of rotatable bonds is 4. The molecule has 0 saturated heterocycles. The maximum absolute atomic E-state index is 8.56. The van der Waals surface area contributed by atoms with Crippen LogP contribution >= 0.6 is 0 Å². The molecule has 0 aliphatic heterocycles. The molecule has 1 unspecified atom stereocenters. The summed E-state index contributed by atoms with van der Waals surface area (Å²) in [5.74, 6) is 1.07. The summed E-state index contributed by atoms with van der Waals surface area (Å²) in [5, 5.41) is 12.2. The van der Waals surface area contributed by atoms with E-state index < -0.39 is 0 Å². The topological polar surface area (TPSA) is 85.2 Å². The van der Waals surface area contributed by atoms with Gasteiger partial charge in [0.2, 0.25) is 5.89 Å². The summed E-state index contributed by atoms with van der Waals surface area (Å²) in [6, 6.07) is 0.0208. The smallest absolute Gasteiger partial charge is 0.228 e. The third-order valence-corrected chi connectivity index (χ3v) is 1.34. The van der Waals surface area contributed by atoms with Crippen molar-refractivity contribution in [1.82, 2.24) is 10.1 Å². The Morgan fingerprint density at radius 1 is 1.67 bits per heavy atom. The molecule has 0 aliphatic rings. The van der Waals surface area contributed by atoms with Crippen LogP contribution in [-0.2, 0) is 12.8 Å². The lowest BCUT2D eigenvalue weighted by atomic mass is 10.2. The molecule has 3 N–H and O–H groups in total. The SMILES string of the molecule is CC(N)Cc1nc(CCO)no1. The summed E-state index contributed by atoms with van der Waals surface area (Å²) in [6.07, 6.45) is 1.01. The minimum absolute atomic E-state index is 0.0208. The fraction of sp³-hybridized carbons (Fsp3) is 0.714. The Hall–Kier alpha value is -0.940. The maximum Gasteiger partial charge on any atom is 0.228 e. The van der Waals surface area contributed by atoms with Crippen molar-refractivity contribution >= 4 is 0 Å². The molecule has 1 aromatic rings. The van der Waals surface area contributed by atoms with E-state index in [2.05, 4.69) is 10.1 Å². The van der Waals surface area contributed by atoms with Crippen LogP contribution < -0.4 is 5.73 Å². The first-order chi connectivity index (χ1) is 5.72. The summed E-state index contributed by atoms with van der Waals surface area (Å²) < 4.78 is 4.88. The van der Waals surface area contributed by atoms with E-state index >= 15 is 0 Å². The molecule has 1 atom stereocenters. The lowest BCUT2D eigenvalue weighted by molar-refractivity contribution is 0.292. The number of aliphatic hydroxyl groups excluding tert-OH is 1. The van der Waals surface area contributed by atoms with Crippen molar-refractivity contribution in [2.45, 2.75) is 25.8 Å². The zero-order chi connectivity index (χ0) is 8.97. The highest BCUT2D eigenvalue weighted by Crippen LogP contribution is 2.00. The van der Waals surface area contributed by atoms with Gasteiger partial charge in [0.25, 0.3) is 0 Å². The van der Waals surface area contributed by atoms with E-state index in [1.807, 2.05) is 6.92 Å². The van der Waals surface area contributed by atoms with Crippen LogP contribution in [0.15, 0.2) is 4.52 Å². The minimum Gasteiger partial charge on any atom is -0.396 e. The molecular formula is C7H13N3O2. The predicted octanol–water partition coefficient (Wildman–Crippen LogP) is -0.506. The lowest BCUT2D eigenvalue weighted by Gasteiger charge is -1.96. The molecule has 0 bridgehead atoms. The van der Waals surface area contributed by atoms with Gasteiger partial charge in [0, 0.05) is 18.9 Å². The van der Waals surface area contributed by atoms with Crippen molar-refractivity contribution in [3.63, 3.8) is 0 Å². The third-order valence-electron chi connectivity index (χ3n) is 1.34. The molecule has 1 heterocycles. The molecule has 0 aromatic carbocycles. The number of aromatic nitrogens is 2. The van der Waals surface area contributed by atoms with Gasteiger partial charge in [0.15, 0.2) is 5.82 Å². The van der Waals surface area contributed by atoms with Crippen LogP contribution in [0.25, 0.3) is 0 Å². The van der Waals surface area contributed by atoms with Gasteiger partial charge in [-0.15, -0.1) is 0 Å². The van der Waals surface area contributed by atoms with Gasteiger partial charge in [-0.2, -0.15) is 4.98 Å². The van der Waals surface area contributed by atoms with Crippen LogP contribution in [-0.4, -0.2) is 27.9 Å². The molecule has 1 aromatic heterocycles. The number of hydrogen-bond acceptors (Lipinski definition) is 5. The fourth-order valence-electron chi connectivity index (χ4n) is 0.850. The van der Waals surface area contributed by atoms with Gasteiger partial charge in [-0.1, -0.05) is 5.16 Å². The quantitative estimate of drug-likeness (QED) is 0.637. The van der Waals surface area contributed by atoms with Crippen LogP contribution in [0.5, 0.6) is 0 Å². The molecule has 0 radical (unpaired) electrons. The summed E-state index contributed by atoms with van der Waals surface area (Å²) in [7, 11) is 0. The number of hydrogen-bond donors (Lipinski definition) is 2. The van der Waals surface area contributed by atoms with E-state index in [-0.39, 0.29) is 12.6 Å². The normalized spacial score (nSPS) is 13.2. The number of aliphatic hydroxyl groups is 1. The summed E-state index contributed by atoms with van der Waals surface area (Å²) in [5.41, 5.74) is 5.53. The van der Waals surface area contributed by atoms with Crippen LogP contribution in [0, 0.1) is 0 Å². The van der Waals surface area contributed by atoms with E-state index in [0.29, 0.717) is 24.6 Å². The summed E-state index contributed by atoms with van der Waals surface area (Å²) in [4.78, 5) is 4.02. The van der Waals surface area contributed by atoms with Crippen molar-refractivity contribution in [3.05, 3.63) is 11.7 Å². The number of nitrogens with two attached hydrogens (primary N) is 1. The van der Waals surface area contributed by atoms with Crippen molar-refractivity contribution in [1.29, 1.82) is 0 Å². The molecule has 0 fully saturated rings. The van der Waals surface area contributed by atoms with Gasteiger partial charge in [-0.3, -0.25) is 0 Å². The average molecular weight is 171 g/mol. The van der Waals surface area contributed by atoms with Crippen molar-refractivity contribution in [2.24, 2.45) is 5.73 Å². The molecule has 0 saturated carbocycles. The standard InChI is InChI=1S/C7H13N3O2/c1-5(8)4-7-9-6(2-3-11)10-12-7/h5,11H,2-4,8H2,1H3. The van der Waals surface area contributed by atoms with Gasteiger partial charge in [0.05, 0.1) is 6.61 Å². The Morgan fingerprint density at radius 3 is 3.00 bits per heavy atom. The first kappa shape index (κ1) is 9.15. The van der Waals surface area contributed by atoms with E-state index in [1.165, 1.54) is 0 Å². The van der Waals surface area contributed by atoms with Crippen LogP contribution in [0.2, 0.25) is 0 Å². The number of nitrogens with zero attached hydrogens (tertiary/aromatic N) is 2. The lowest BCUT2D eigenvalue weighted by Crippen LogP contribution is -2.17. The largest absolute Gasteiger partial charge is 0.396 e. The zero-order valence-corrected chi connectivity index (χ0v) is 7.03. The Bertz CT molecular complexity index is 234. The summed E-state index contributed by atoms with van der Waals surface area (Å²) in [6.45, 7) is 1.91. The van der Waals surface area contributed by atoms with Crippen molar-refractivity contribution in [2.75, 3.05) is 6.61 Å². The Kier molecular flexibility index (Phi) is 3.19. The Balaban J connectivity index is 2.52. The molecular weight excluding hydrogens is 158 g/mol. The molecule has 1 rings (SSSR count). The summed E-state index contributed by atoms with van der Waals surface area (Å²) >= 11 is 0. The Morgan fingerprint density at radius 2 is 2.42 bits per heavy atom. The van der Waals surface area contributed by atoms with Crippen LogP contribution in [0.3, 0.4) is 0 Å². The molecule has 5 nitrogen and oxygen atoms in total. The molecule has 0 spiro atoms. The molecule has 12 heavy (non-hydrogen) atoms. The third kappa shape index (κ3) is 2.60. The molecule has 5 heteroatoms. The predicted molar refractivity (Wildman–Crippen MR) is 42.4 cm³/mol. The molecule has 0 aliphatic carbocycles. The zero-order valence-electron chi connectivity index (χ0n) is 7.03. The minimum atomic E-state index is 0.0208. The van der Waals surface area contributed by atoms with E-state index in [9.17, 15) is 0 Å². The molecule has 68 valence electrons.